The topological polar surface area (TPSA) is 154 Å². The third-order valence-electron chi connectivity index (χ3n) is 7.43. The van der Waals surface area contributed by atoms with Crippen LogP contribution in [0.25, 0.3) is 0 Å². The lowest BCUT2D eigenvalue weighted by Crippen LogP contribution is -2.69. The number of urea groups is 1. The summed E-state index contributed by atoms with van der Waals surface area (Å²) in [5, 5.41) is 9.76. The lowest BCUT2D eigenvalue weighted by Gasteiger charge is -2.46. The molecule has 3 aliphatic rings. The molecule has 3 aliphatic heterocycles. The first kappa shape index (κ1) is 27.7. The second-order valence-electron chi connectivity index (χ2n) is 10.6. The van der Waals surface area contributed by atoms with Crippen molar-refractivity contribution < 1.29 is 33.8 Å². The second kappa shape index (κ2) is 11.4. The van der Waals surface area contributed by atoms with Gasteiger partial charge in [0.05, 0.1) is 12.5 Å². The van der Waals surface area contributed by atoms with Crippen LogP contribution in [0.5, 0.6) is 0 Å². The van der Waals surface area contributed by atoms with Crippen molar-refractivity contribution in [1.82, 2.24) is 19.6 Å². The molecule has 3 heterocycles. The molecule has 0 aromatic rings. The van der Waals surface area contributed by atoms with E-state index in [0.29, 0.717) is 25.9 Å². The minimum Gasteiger partial charge on any atom is -0.480 e. The number of carbonyl (C=O) groups excluding carboxylic acids is 4. The quantitative estimate of drug-likeness (QED) is 0.474. The second-order valence-corrected chi connectivity index (χ2v) is 10.6. The number of aliphatic carboxylic acids is 1. The summed E-state index contributed by atoms with van der Waals surface area (Å²) < 4.78 is 5.67. The smallest absolute Gasteiger partial charge is 0.410 e. The molecule has 0 radical (unpaired) electrons. The number of amides is 5. The number of ether oxygens (including phenoxy) is 1. The zero-order chi connectivity index (χ0) is 26.7. The predicted octanol–water partition coefficient (Wildman–Crippen LogP) is 0.650. The van der Waals surface area contributed by atoms with Crippen LogP contribution in [0.1, 0.15) is 40.5 Å². The fourth-order valence-corrected chi connectivity index (χ4v) is 5.48. The number of carboxylic acids is 1. The highest BCUT2D eigenvalue weighted by Gasteiger charge is 2.56. The fourth-order valence-electron chi connectivity index (χ4n) is 5.48. The van der Waals surface area contributed by atoms with E-state index in [4.69, 9.17) is 10.5 Å². The zero-order valence-electron chi connectivity index (χ0n) is 21.6. The van der Waals surface area contributed by atoms with E-state index in [1.807, 2.05) is 27.7 Å². The molecule has 36 heavy (non-hydrogen) atoms. The van der Waals surface area contributed by atoms with E-state index >= 15 is 0 Å². The Morgan fingerprint density at radius 1 is 0.972 bits per heavy atom. The molecule has 3 fully saturated rings. The van der Waals surface area contributed by atoms with Gasteiger partial charge in [-0.25, -0.2) is 19.3 Å². The summed E-state index contributed by atoms with van der Waals surface area (Å²) in [6, 6.07) is -1.88. The average molecular weight is 510 g/mol. The van der Waals surface area contributed by atoms with Gasteiger partial charge in [-0.1, -0.05) is 27.7 Å². The van der Waals surface area contributed by atoms with Gasteiger partial charge in [0.25, 0.3) is 0 Å². The van der Waals surface area contributed by atoms with Gasteiger partial charge in [-0.2, -0.15) is 0 Å². The lowest BCUT2D eigenvalue weighted by atomic mass is 9.80. The van der Waals surface area contributed by atoms with Crippen molar-refractivity contribution in [3.63, 3.8) is 0 Å². The summed E-state index contributed by atoms with van der Waals surface area (Å²) >= 11 is 0. The molecule has 0 aromatic heterocycles. The number of nitrogens with zero attached hydrogens (tertiary/aromatic N) is 4. The molecular weight excluding hydrogens is 470 g/mol. The van der Waals surface area contributed by atoms with E-state index in [1.165, 1.54) is 9.80 Å². The average Bonchev–Trinajstić information content (AvgIpc) is 3.31. The number of nitrogens with two attached hydrogens (primary N) is 1. The number of hydrogen-bond donors (Lipinski definition) is 2. The van der Waals surface area contributed by atoms with E-state index in [2.05, 4.69) is 0 Å². The number of β-lactam (4-membered cyclic amide) rings is 1. The number of rotatable bonds is 7. The number of hydrogen-bond acceptors (Lipinski definition) is 7. The molecule has 0 aromatic carbocycles. The SMILES string of the molecule is CC(C)C(OC(=O)N1CCN(C(=O)N2C(=O)[C@H](CC3CCN(C(=O)CN)C3)[C@H]2C(=O)O)CC1)C(C)C. The maximum Gasteiger partial charge on any atom is 0.410 e. The zero-order valence-corrected chi connectivity index (χ0v) is 21.6. The number of carbonyl (C=O) groups is 5. The van der Waals surface area contributed by atoms with Crippen LogP contribution in [0.2, 0.25) is 0 Å². The van der Waals surface area contributed by atoms with Gasteiger partial charge in [0, 0.05) is 39.3 Å². The molecule has 0 spiro atoms. The van der Waals surface area contributed by atoms with Gasteiger partial charge in [-0.3, -0.25) is 9.59 Å². The first-order valence-electron chi connectivity index (χ1n) is 12.7. The standard InChI is InChI=1S/C24H39N5O7/c1-14(2)20(15(3)4)36-24(35)27-9-7-26(8-10-27)23(34)29-19(22(32)33)17(21(29)31)11-16-5-6-28(13-16)18(30)12-25/h14-17,19-20H,5-13,25H2,1-4H3,(H,32,33)/t16?,17-,19+/m1/s1. The summed E-state index contributed by atoms with van der Waals surface area (Å²) in [4.78, 5) is 67.7. The van der Waals surface area contributed by atoms with E-state index in [1.54, 1.807) is 4.90 Å². The lowest BCUT2D eigenvalue weighted by molar-refractivity contribution is -0.167. The predicted molar refractivity (Wildman–Crippen MR) is 129 cm³/mol. The van der Waals surface area contributed by atoms with Crippen LogP contribution in [0.15, 0.2) is 0 Å². The van der Waals surface area contributed by atoms with E-state index in [9.17, 15) is 29.1 Å². The molecule has 3 rings (SSSR count). The number of likely N-dealkylation sites (tertiary alicyclic amines) is 2. The largest absolute Gasteiger partial charge is 0.480 e. The molecule has 3 saturated heterocycles. The Hall–Kier alpha value is -2.89. The first-order valence-corrected chi connectivity index (χ1v) is 12.7. The van der Waals surface area contributed by atoms with Gasteiger partial charge < -0.3 is 30.3 Å². The van der Waals surface area contributed by atoms with Crippen LogP contribution in [-0.4, -0.2) is 113 Å². The van der Waals surface area contributed by atoms with Gasteiger partial charge in [0.1, 0.15) is 6.10 Å². The highest BCUT2D eigenvalue weighted by Crippen LogP contribution is 2.36. The Balaban J connectivity index is 1.54. The maximum atomic E-state index is 13.1. The highest BCUT2D eigenvalue weighted by molar-refractivity contribution is 6.07. The molecule has 5 amide bonds. The van der Waals surface area contributed by atoms with Gasteiger partial charge in [-0.15, -0.1) is 0 Å². The van der Waals surface area contributed by atoms with Crippen molar-refractivity contribution in [1.29, 1.82) is 0 Å². The van der Waals surface area contributed by atoms with Gasteiger partial charge >= 0.3 is 18.1 Å². The number of imide groups is 1. The molecule has 12 heteroatoms. The fraction of sp³-hybridized carbons (Fsp3) is 0.792. The molecule has 3 atom stereocenters. The summed E-state index contributed by atoms with van der Waals surface area (Å²) in [6.07, 6.45) is 0.323. The third-order valence-corrected chi connectivity index (χ3v) is 7.43. The Labute approximate surface area is 211 Å². The molecule has 12 nitrogen and oxygen atoms in total. The Kier molecular flexibility index (Phi) is 8.80. The van der Waals surface area contributed by atoms with Crippen molar-refractivity contribution in [2.75, 3.05) is 45.8 Å². The molecule has 202 valence electrons. The normalized spacial score (nSPS) is 24.6. The molecular formula is C24H39N5O7. The van der Waals surface area contributed by atoms with Crippen LogP contribution < -0.4 is 5.73 Å². The van der Waals surface area contributed by atoms with E-state index in [-0.39, 0.29) is 62.5 Å². The highest BCUT2D eigenvalue weighted by atomic mass is 16.6. The van der Waals surface area contributed by atoms with Crippen molar-refractivity contribution in [2.24, 2.45) is 29.4 Å². The van der Waals surface area contributed by atoms with Crippen molar-refractivity contribution in [2.45, 2.75) is 52.7 Å². The maximum absolute atomic E-state index is 13.1. The number of piperazine rings is 1. The third kappa shape index (κ3) is 5.74. The molecule has 3 N–H and O–H groups in total. The van der Waals surface area contributed by atoms with Gasteiger partial charge in [-0.05, 0) is 30.6 Å². The van der Waals surface area contributed by atoms with E-state index in [0.717, 1.165) is 4.90 Å². The summed E-state index contributed by atoms with van der Waals surface area (Å²) in [6.45, 7) is 9.70. The first-order chi connectivity index (χ1) is 17.0. The molecule has 0 bridgehead atoms. The number of carboxylic acid groups (broad SMARTS) is 1. The van der Waals surface area contributed by atoms with E-state index < -0.39 is 36.0 Å². The minimum atomic E-state index is -1.23. The van der Waals surface area contributed by atoms with Crippen LogP contribution in [0.4, 0.5) is 9.59 Å². The Morgan fingerprint density at radius 2 is 1.56 bits per heavy atom. The summed E-state index contributed by atoms with van der Waals surface area (Å²) in [5.41, 5.74) is 5.41. The minimum absolute atomic E-state index is 0.0105. The van der Waals surface area contributed by atoms with Crippen LogP contribution in [0.3, 0.4) is 0 Å². The Bertz CT molecular complexity index is 863. The van der Waals surface area contributed by atoms with Crippen molar-refractivity contribution >= 4 is 29.9 Å². The van der Waals surface area contributed by atoms with Crippen LogP contribution >= 0.6 is 0 Å². The van der Waals surface area contributed by atoms with Crippen molar-refractivity contribution in [3.05, 3.63) is 0 Å². The van der Waals surface area contributed by atoms with Crippen LogP contribution in [0, 0.1) is 23.7 Å². The summed E-state index contributed by atoms with van der Waals surface area (Å²) in [5.74, 6) is -2.37. The molecule has 1 unspecified atom stereocenters. The molecule has 0 aliphatic carbocycles. The van der Waals surface area contributed by atoms with Crippen molar-refractivity contribution in [3.8, 4) is 0 Å². The van der Waals surface area contributed by atoms with Crippen LogP contribution in [-0.2, 0) is 19.1 Å². The van der Waals surface area contributed by atoms with Gasteiger partial charge in [0.2, 0.25) is 11.8 Å². The molecule has 0 saturated carbocycles. The van der Waals surface area contributed by atoms with Gasteiger partial charge in [0.15, 0.2) is 6.04 Å². The Morgan fingerprint density at radius 3 is 2.08 bits per heavy atom. The summed E-state index contributed by atoms with van der Waals surface area (Å²) in [7, 11) is 0. The monoisotopic (exact) mass is 509 g/mol.